The highest BCUT2D eigenvalue weighted by Crippen LogP contribution is 2.13. The van der Waals surface area contributed by atoms with Crippen LogP contribution in [-0.4, -0.2) is 14.0 Å². The molecule has 0 unspecified atom stereocenters. The van der Waals surface area contributed by atoms with Crippen LogP contribution < -0.4 is 0 Å². The Balaban J connectivity index is 4.83. The van der Waals surface area contributed by atoms with E-state index in [4.69, 9.17) is 4.74 Å². The molecule has 0 aromatic carbocycles. The van der Waals surface area contributed by atoms with Crippen LogP contribution >= 0.6 is 0 Å². The first-order valence-corrected chi connectivity index (χ1v) is 8.91. The molecule has 0 radical (unpaired) electrons. The number of allylic oxidation sites excluding steroid dienone is 2. The monoisotopic (exact) mass is 226 g/mol. The molecular formula is C12H22O2Si. The lowest BCUT2D eigenvalue weighted by molar-refractivity contribution is -0.136. The third-order valence-electron chi connectivity index (χ3n) is 1.94. The van der Waals surface area contributed by atoms with Gasteiger partial charge in [-0.2, -0.15) is 0 Å². The number of ether oxygens (including phenoxy) is 1. The normalized spacial score (nSPS) is 14.0. The van der Waals surface area contributed by atoms with E-state index in [2.05, 4.69) is 32.3 Å². The van der Waals surface area contributed by atoms with Crippen LogP contribution in [0, 0.1) is 0 Å². The molecule has 0 aliphatic heterocycles. The van der Waals surface area contributed by atoms with E-state index in [0.717, 1.165) is 12.0 Å². The standard InChI is InChI=1S/C12H22O2Si/c1-7-10(2)12(14-11(3)13)8-9-15(4,5)6/h8-9H,7H2,1-6H3/b9-8-,12-10-. The zero-order valence-electron chi connectivity index (χ0n) is 10.7. The second-order valence-corrected chi connectivity index (χ2v) is 9.86. The van der Waals surface area contributed by atoms with Crippen molar-refractivity contribution < 1.29 is 9.53 Å². The number of esters is 1. The highest BCUT2D eigenvalue weighted by Gasteiger charge is 2.09. The first-order chi connectivity index (χ1) is 6.76. The minimum absolute atomic E-state index is 0.252. The zero-order valence-corrected chi connectivity index (χ0v) is 11.7. The highest BCUT2D eigenvalue weighted by molar-refractivity contribution is 6.81. The van der Waals surface area contributed by atoms with Gasteiger partial charge in [0.1, 0.15) is 5.76 Å². The predicted octanol–water partition coefficient (Wildman–Crippen LogP) is 3.67. The molecule has 0 N–H and O–H groups in total. The summed E-state index contributed by atoms with van der Waals surface area (Å²) in [7, 11) is -1.24. The lowest BCUT2D eigenvalue weighted by atomic mass is 10.2. The van der Waals surface area contributed by atoms with E-state index in [1.807, 2.05) is 13.0 Å². The van der Waals surface area contributed by atoms with Crippen LogP contribution in [0.5, 0.6) is 0 Å². The molecule has 0 saturated heterocycles. The summed E-state index contributed by atoms with van der Waals surface area (Å²) in [5.74, 6) is 0.463. The lowest BCUT2D eigenvalue weighted by Crippen LogP contribution is -2.15. The molecule has 86 valence electrons. The summed E-state index contributed by atoms with van der Waals surface area (Å²) >= 11 is 0. The van der Waals surface area contributed by atoms with E-state index in [-0.39, 0.29) is 5.97 Å². The molecule has 0 saturated carbocycles. The van der Waals surface area contributed by atoms with Crippen molar-refractivity contribution in [2.45, 2.75) is 46.8 Å². The summed E-state index contributed by atoms with van der Waals surface area (Å²) in [5.41, 5.74) is 3.30. The Hall–Kier alpha value is -0.833. The van der Waals surface area contributed by atoms with Crippen LogP contribution in [0.3, 0.4) is 0 Å². The topological polar surface area (TPSA) is 26.3 Å². The van der Waals surface area contributed by atoms with Gasteiger partial charge in [-0.05, 0) is 25.0 Å². The van der Waals surface area contributed by atoms with Gasteiger partial charge in [-0.25, -0.2) is 0 Å². The maximum Gasteiger partial charge on any atom is 0.308 e. The molecule has 0 aliphatic rings. The Morgan fingerprint density at radius 1 is 1.27 bits per heavy atom. The minimum Gasteiger partial charge on any atom is -0.427 e. The first-order valence-electron chi connectivity index (χ1n) is 5.33. The van der Waals surface area contributed by atoms with Crippen LogP contribution in [0.25, 0.3) is 0 Å². The molecule has 0 aromatic heterocycles. The molecule has 0 rings (SSSR count). The van der Waals surface area contributed by atoms with Gasteiger partial charge in [0.25, 0.3) is 0 Å². The average molecular weight is 226 g/mol. The summed E-state index contributed by atoms with van der Waals surface area (Å²) in [4.78, 5) is 10.9. The van der Waals surface area contributed by atoms with Crippen molar-refractivity contribution in [1.82, 2.24) is 0 Å². The Labute approximate surface area is 94.0 Å². The first kappa shape index (κ1) is 14.2. The fraction of sp³-hybridized carbons (Fsp3) is 0.583. The van der Waals surface area contributed by atoms with Gasteiger partial charge in [-0.1, -0.05) is 32.3 Å². The smallest absolute Gasteiger partial charge is 0.308 e. The van der Waals surface area contributed by atoms with Crippen molar-refractivity contribution in [2.24, 2.45) is 0 Å². The number of carbonyl (C=O) groups is 1. The van der Waals surface area contributed by atoms with Gasteiger partial charge in [-0.15, -0.1) is 0 Å². The fourth-order valence-corrected chi connectivity index (χ4v) is 1.57. The van der Waals surface area contributed by atoms with E-state index in [1.165, 1.54) is 6.92 Å². The quantitative estimate of drug-likeness (QED) is 0.316. The van der Waals surface area contributed by atoms with Gasteiger partial charge in [0.05, 0.1) is 8.07 Å². The number of carbonyl (C=O) groups excluding carboxylic acids is 1. The molecule has 15 heavy (non-hydrogen) atoms. The minimum atomic E-state index is -1.24. The third-order valence-corrected chi connectivity index (χ3v) is 3.11. The molecule has 0 aliphatic carbocycles. The van der Waals surface area contributed by atoms with E-state index < -0.39 is 8.07 Å². The third kappa shape index (κ3) is 7.14. The van der Waals surface area contributed by atoms with Crippen molar-refractivity contribution in [3.63, 3.8) is 0 Å². The van der Waals surface area contributed by atoms with Gasteiger partial charge in [-0.3, -0.25) is 4.79 Å². The van der Waals surface area contributed by atoms with Gasteiger partial charge >= 0.3 is 5.97 Å². The summed E-state index contributed by atoms with van der Waals surface area (Å²) in [6.07, 6.45) is 2.85. The fourth-order valence-electron chi connectivity index (χ4n) is 0.918. The summed E-state index contributed by atoms with van der Waals surface area (Å²) in [6.45, 7) is 12.2. The van der Waals surface area contributed by atoms with Gasteiger partial charge in [0.2, 0.25) is 0 Å². The lowest BCUT2D eigenvalue weighted by Gasteiger charge is -2.11. The number of rotatable bonds is 4. The maximum atomic E-state index is 10.9. The second-order valence-electron chi connectivity index (χ2n) is 4.79. The summed E-state index contributed by atoms with van der Waals surface area (Å²) in [6, 6.07) is 0. The highest BCUT2D eigenvalue weighted by atomic mass is 28.3. The Bertz CT molecular complexity index is 282. The molecule has 0 amide bonds. The molecule has 0 aromatic rings. The Morgan fingerprint density at radius 3 is 2.13 bits per heavy atom. The van der Waals surface area contributed by atoms with Gasteiger partial charge in [0, 0.05) is 6.92 Å². The molecule has 0 heterocycles. The zero-order chi connectivity index (χ0) is 12.1. The van der Waals surface area contributed by atoms with Crippen molar-refractivity contribution in [3.8, 4) is 0 Å². The van der Waals surface area contributed by atoms with Crippen LogP contribution in [0.1, 0.15) is 27.2 Å². The molecule has 0 fully saturated rings. The van der Waals surface area contributed by atoms with E-state index >= 15 is 0 Å². The van der Waals surface area contributed by atoms with E-state index in [9.17, 15) is 4.79 Å². The average Bonchev–Trinajstić information content (AvgIpc) is 2.09. The maximum absolute atomic E-state index is 10.9. The SMILES string of the molecule is CC/C(C)=C(/C=C\[Si](C)(C)C)OC(C)=O. The molecule has 0 spiro atoms. The van der Waals surface area contributed by atoms with Crippen molar-refractivity contribution in [1.29, 1.82) is 0 Å². The van der Waals surface area contributed by atoms with Crippen LogP contribution in [-0.2, 0) is 9.53 Å². The van der Waals surface area contributed by atoms with Crippen molar-refractivity contribution in [3.05, 3.63) is 23.1 Å². The number of hydrogen-bond donors (Lipinski definition) is 0. The molecule has 0 bridgehead atoms. The van der Waals surface area contributed by atoms with E-state index in [0.29, 0.717) is 5.76 Å². The summed E-state index contributed by atoms with van der Waals surface area (Å²) < 4.78 is 5.17. The molecule has 2 nitrogen and oxygen atoms in total. The molecule has 0 atom stereocenters. The van der Waals surface area contributed by atoms with Gasteiger partial charge in [0.15, 0.2) is 0 Å². The van der Waals surface area contributed by atoms with Gasteiger partial charge < -0.3 is 4.74 Å². The second kappa shape index (κ2) is 5.91. The van der Waals surface area contributed by atoms with Crippen molar-refractivity contribution >= 4 is 14.0 Å². The largest absolute Gasteiger partial charge is 0.427 e. The van der Waals surface area contributed by atoms with Crippen LogP contribution in [0.2, 0.25) is 19.6 Å². The Morgan fingerprint density at radius 2 is 1.80 bits per heavy atom. The molecular weight excluding hydrogens is 204 g/mol. The van der Waals surface area contributed by atoms with Crippen LogP contribution in [0.15, 0.2) is 23.1 Å². The number of hydrogen-bond acceptors (Lipinski definition) is 2. The summed E-state index contributed by atoms with van der Waals surface area (Å²) in [5, 5.41) is 0. The van der Waals surface area contributed by atoms with Crippen LogP contribution in [0.4, 0.5) is 0 Å². The van der Waals surface area contributed by atoms with E-state index in [1.54, 1.807) is 0 Å². The Kier molecular flexibility index (Phi) is 5.58. The predicted molar refractivity (Wildman–Crippen MR) is 67.2 cm³/mol. The van der Waals surface area contributed by atoms with Crippen molar-refractivity contribution in [2.75, 3.05) is 0 Å². The molecule has 3 heteroatoms.